The lowest BCUT2D eigenvalue weighted by Crippen LogP contribution is -2.46. The van der Waals surface area contributed by atoms with E-state index in [-0.39, 0.29) is 34.3 Å². The number of likely N-dealkylation sites (tertiary alicyclic amines) is 1. The van der Waals surface area contributed by atoms with Gasteiger partial charge >= 0.3 is 0 Å². The molecule has 1 unspecified atom stereocenters. The summed E-state index contributed by atoms with van der Waals surface area (Å²) in [7, 11) is 2.11. The van der Waals surface area contributed by atoms with E-state index < -0.39 is 17.2 Å². The number of halogens is 1. The Kier molecular flexibility index (Phi) is 8.79. The van der Waals surface area contributed by atoms with Crippen molar-refractivity contribution in [1.29, 1.82) is 0 Å². The standard InChI is InChI=1S/C40H44FN7O5/c1-44-16-18-46(19-17-44)13-9-35(49)43-25-8-14-47(23-25)37-30(41)20-28-36-39(37)53-34-21-27-26-6-2-3-7-32(26)52-33(27)22-31(34)48(36)24-29(38(28)50)40(51)42-10-15-45-11-4-5-12-45/h2-3,6-7,20-22,24-25H,4-5,8-19,23H2,1H3,(H,42,51)(H,43,49). The monoisotopic (exact) mass is 721 g/mol. The number of nitrogens with one attached hydrogen (secondary N) is 2. The highest BCUT2D eigenvalue weighted by atomic mass is 19.1. The van der Waals surface area contributed by atoms with Gasteiger partial charge in [-0.1, -0.05) is 18.2 Å². The van der Waals surface area contributed by atoms with Gasteiger partial charge < -0.3 is 44.0 Å². The minimum Gasteiger partial charge on any atom is -0.456 e. The molecule has 6 heterocycles. The third-order valence-electron chi connectivity index (χ3n) is 11.4. The van der Waals surface area contributed by atoms with Crippen molar-refractivity contribution < 1.29 is 23.1 Å². The second-order valence-electron chi connectivity index (χ2n) is 14.9. The number of benzene rings is 3. The number of hydrogen-bond acceptors (Lipinski definition) is 9. The van der Waals surface area contributed by atoms with E-state index >= 15 is 4.39 Å². The lowest BCUT2D eigenvalue weighted by atomic mass is 10.0. The highest BCUT2D eigenvalue weighted by Crippen LogP contribution is 2.49. The van der Waals surface area contributed by atoms with Gasteiger partial charge in [-0.05, 0) is 57.6 Å². The average Bonchev–Trinajstić information content (AvgIpc) is 3.92. The van der Waals surface area contributed by atoms with Crippen LogP contribution in [0.3, 0.4) is 0 Å². The second kappa shape index (κ2) is 13.8. The van der Waals surface area contributed by atoms with E-state index in [9.17, 15) is 14.4 Å². The molecule has 2 aromatic heterocycles. The molecule has 9 rings (SSSR count). The molecule has 0 radical (unpaired) electrons. The van der Waals surface area contributed by atoms with Crippen LogP contribution in [-0.4, -0.2) is 116 Å². The molecule has 0 aliphatic carbocycles. The van der Waals surface area contributed by atoms with Crippen LogP contribution in [0.4, 0.5) is 10.1 Å². The number of para-hydroxylation sites is 1. The van der Waals surface area contributed by atoms with E-state index in [1.165, 1.54) is 6.07 Å². The molecule has 5 aromatic rings. The van der Waals surface area contributed by atoms with Gasteiger partial charge in [-0.15, -0.1) is 0 Å². The Morgan fingerprint density at radius 1 is 0.906 bits per heavy atom. The summed E-state index contributed by atoms with van der Waals surface area (Å²) < 4.78 is 31.1. The Morgan fingerprint density at radius 3 is 2.53 bits per heavy atom. The molecule has 2 N–H and O–H groups in total. The largest absolute Gasteiger partial charge is 0.456 e. The second-order valence-corrected chi connectivity index (χ2v) is 14.9. The zero-order valence-electron chi connectivity index (χ0n) is 30.0. The lowest BCUT2D eigenvalue weighted by Gasteiger charge is -2.32. The maximum atomic E-state index is 16.5. The van der Waals surface area contributed by atoms with Gasteiger partial charge in [0.15, 0.2) is 17.3 Å². The number of nitrogens with zero attached hydrogens (tertiary/aromatic N) is 5. The van der Waals surface area contributed by atoms with Crippen LogP contribution in [0.5, 0.6) is 11.5 Å². The molecular weight excluding hydrogens is 677 g/mol. The van der Waals surface area contributed by atoms with Gasteiger partial charge in [0.1, 0.15) is 27.9 Å². The van der Waals surface area contributed by atoms with Gasteiger partial charge in [0.25, 0.3) is 5.91 Å². The lowest BCUT2D eigenvalue weighted by molar-refractivity contribution is -0.122. The van der Waals surface area contributed by atoms with Crippen LogP contribution in [0.2, 0.25) is 0 Å². The van der Waals surface area contributed by atoms with Crippen molar-refractivity contribution in [2.24, 2.45) is 0 Å². The van der Waals surface area contributed by atoms with Crippen molar-refractivity contribution in [1.82, 2.24) is 29.9 Å². The molecular formula is C40H44FN7O5. The molecule has 0 bridgehead atoms. The number of carbonyl (C=O) groups excluding carboxylic acids is 2. The molecule has 3 fully saturated rings. The number of ether oxygens (including phenoxy) is 1. The number of aromatic nitrogens is 1. The molecule has 13 heteroatoms. The van der Waals surface area contributed by atoms with Crippen molar-refractivity contribution in [2.75, 3.05) is 83.9 Å². The molecule has 12 nitrogen and oxygen atoms in total. The molecule has 4 aliphatic rings. The average molecular weight is 722 g/mol. The number of likely N-dealkylation sites (N-methyl/N-ethyl adjacent to an activating group) is 1. The van der Waals surface area contributed by atoms with Gasteiger partial charge in [0.2, 0.25) is 11.3 Å². The Hall–Kier alpha value is -4.98. The van der Waals surface area contributed by atoms with Crippen LogP contribution in [-0.2, 0) is 4.79 Å². The number of rotatable bonds is 9. The van der Waals surface area contributed by atoms with Crippen molar-refractivity contribution in [2.45, 2.75) is 31.7 Å². The summed E-state index contributed by atoms with van der Waals surface area (Å²) in [6.07, 6.45) is 4.88. The van der Waals surface area contributed by atoms with Gasteiger partial charge in [0, 0.05) is 94.4 Å². The number of amides is 2. The van der Waals surface area contributed by atoms with Crippen LogP contribution in [0.15, 0.2) is 57.9 Å². The number of anilines is 1. The van der Waals surface area contributed by atoms with Gasteiger partial charge in [-0.25, -0.2) is 4.39 Å². The zero-order valence-corrected chi connectivity index (χ0v) is 30.0. The number of furan rings is 1. The first-order valence-corrected chi connectivity index (χ1v) is 18.8. The van der Waals surface area contributed by atoms with E-state index in [0.717, 1.165) is 62.9 Å². The minimum absolute atomic E-state index is 0.0160. The third kappa shape index (κ3) is 6.30. The van der Waals surface area contributed by atoms with Crippen molar-refractivity contribution >= 4 is 50.3 Å². The molecule has 3 saturated heterocycles. The summed E-state index contributed by atoms with van der Waals surface area (Å²) in [5.74, 6) is -0.489. The summed E-state index contributed by atoms with van der Waals surface area (Å²) in [4.78, 5) is 49.4. The number of pyridine rings is 1. The predicted molar refractivity (Wildman–Crippen MR) is 202 cm³/mol. The number of piperazine rings is 1. The fourth-order valence-corrected chi connectivity index (χ4v) is 8.42. The first kappa shape index (κ1) is 33.8. The van der Waals surface area contributed by atoms with Crippen LogP contribution in [0.1, 0.15) is 36.0 Å². The fourth-order valence-electron chi connectivity index (χ4n) is 8.42. The van der Waals surface area contributed by atoms with E-state index in [2.05, 4.69) is 32.4 Å². The molecule has 0 saturated carbocycles. The molecule has 1 atom stereocenters. The highest BCUT2D eigenvalue weighted by Gasteiger charge is 2.34. The molecule has 276 valence electrons. The molecule has 4 aliphatic heterocycles. The van der Waals surface area contributed by atoms with Crippen LogP contribution < -0.4 is 25.7 Å². The quantitative estimate of drug-likeness (QED) is 0.226. The molecule has 2 amide bonds. The van der Waals surface area contributed by atoms with E-state index in [1.807, 2.05) is 41.3 Å². The van der Waals surface area contributed by atoms with Crippen molar-refractivity contribution in [3.05, 3.63) is 70.3 Å². The van der Waals surface area contributed by atoms with E-state index in [0.29, 0.717) is 73.7 Å². The van der Waals surface area contributed by atoms with Crippen LogP contribution >= 0.6 is 0 Å². The Bertz CT molecular complexity index is 2310. The van der Waals surface area contributed by atoms with Gasteiger partial charge in [0.05, 0.1) is 11.1 Å². The first-order chi connectivity index (χ1) is 25.8. The Morgan fingerprint density at radius 2 is 1.70 bits per heavy atom. The number of hydrogen-bond donors (Lipinski definition) is 2. The first-order valence-electron chi connectivity index (χ1n) is 18.8. The molecule has 53 heavy (non-hydrogen) atoms. The maximum absolute atomic E-state index is 16.5. The van der Waals surface area contributed by atoms with E-state index in [4.69, 9.17) is 9.15 Å². The smallest absolute Gasteiger partial charge is 0.256 e. The molecule has 3 aromatic carbocycles. The fraction of sp³-hybridized carbons (Fsp3) is 0.425. The predicted octanol–water partition coefficient (Wildman–Crippen LogP) is 4.29. The zero-order chi connectivity index (χ0) is 36.2. The normalized spacial score (nSPS) is 19.3. The van der Waals surface area contributed by atoms with E-state index in [1.54, 1.807) is 10.8 Å². The molecule has 0 spiro atoms. The summed E-state index contributed by atoms with van der Waals surface area (Å²) in [6.45, 7) is 8.57. The number of carbonyl (C=O) groups is 2. The number of fused-ring (bicyclic) bond motifs is 5. The summed E-state index contributed by atoms with van der Waals surface area (Å²) in [6, 6.07) is 12.5. The summed E-state index contributed by atoms with van der Waals surface area (Å²) in [5.41, 5.74) is 1.87. The Balaban J connectivity index is 1.05. The van der Waals surface area contributed by atoms with Gasteiger partial charge in [-0.3, -0.25) is 14.4 Å². The van der Waals surface area contributed by atoms with Crippen LogP contribution in [0, 0.1) is 5.82 Å². The summed E-state index contributed by atoms with van der Waals surface area (Å²) >= 11 is 0. The topological polar surface area (TPSA) is 116 Å². The van der Waals surface area contributed by atoms with Gasteiger partial charge in [-0.2, -0.15) is 0 Å². The maximum Gasteiger partial charge on any atom is 0.256 e. The summed E-state index contributed by atoms with van der Waals surface area (Å²) in [5, 5.41) is 7.88. The Labute approximate surface area is 306 Å². The SMILES string of the molecule is CN1CCN(CCC(=O)NC2CCN(c3c(F)cc4c(=O)c(C(=O)NCCN5CCCC5)cn5c4c3Oc3cc4c(cc3-5)oc3ccccc34)C2)CC1. The third-order valence-corrected chi connectivity index (χ3v) is 11.4. The highest BCUT2D eigenvalue weighted by molar-refractivity contribution is 6.07. The van der Waals surface area contributed by atoms with Crippen LogP contribution in [0.25, 0.3) is 38.5 Å². The van der Waals surface area contributed by atoms with Crippen molar-refractivity contribution in [3.8, 4) is 17.2 Å². The minimum atomic E-state index is -0.622. The van der Waals surface area contributed by atoms with Crippen molar-refractivity contribution in [3.63, 3.8) is 0 Å².